The Bertz CT molecular complexity index is 531. The molecule has 0 saturated heterocycles. The number of carbonyl (C=O) groups is 2. The van der Waals surface area contributed by atoms with Gasteiger partial charge in [0.2, 0.25) is 5.91 Å². The number of aliphatic carboxylic acids is 1. The van der Waals surface area contributed by atoms with Crippen LogP contribution in [0, 0.1) is 17.8 Å². The highest BCUT2D eigenvalue weighted by atomic mass is 16.5. The minimum Gasteiger partial charge on any atom is -0.477 e. The lowest BCUT2D eigenvalue weighted by Gasteiger charge is -2.25. The Labute approximate surface area is 175 Å². The predicted molar refractivity (Wildman–Crippen MR) is 114 cm³/mol. The van der Waals surface area contributed by atoms with Crippen molar-refractivity contribution in [3.63, 3.8) is 0 Å². The predicted octanol–water partition coefficient (Wildman–Crippen LogP) is 4.01. The Hall–Kier alpha value is -1.40. The van der Waals surface area contributed by atoms with Crippen molar-refractivity contribution in [2.75, 3.05) is 0 Å². The molecule has 1 aliphatic rings. The molecular weight excluding hydrogens is 370 g/mol. The molecule has 29 heavy (non-hydrogen) atoms. The van der Waals surface area contributed by atoms with Crippen LogP contribution in [0.25, 0.3) is 0 Å². The lowest BCUT2D eigenvalue weighted by atomic mass is 9.87. The van der Waals surface area contributed by atoms with Gasteiger partial charge in [0, 0.05) is 18.9 Å². The molecule has 0 bridgehead atoms. The van der Waals surface area contributed by atoms with Gasteiger partial charge in [-0.15, -0.1) is 0 Å². The molecule has 0 aromatic heterocycles. The highest BCUT2D eigenvalue weighted by molar-refractivity contribution is 5.75. The molecule has 168 valence electrons. The summed E-state index contributed by atoms with van der Waals surface area (Å²) >= 11 is 0. The summed E-state index contributed by atoms with van der Waals surface area (Å²) in [6.45, 7) is 5.33. The van der Waals surface area contributed by atoms with Crippen LogP contribution in [-0.4, -0.2) is 39.0 Å². The van der Waals surface area contributed by atoms with E-state index in [1.165, 1.54) is 25.7 Å². The van der Waals surface area contributed by atoms with Gasteiger partial charge < -0.3 is 20.6 Å². The first-order valence-electron chi connectivity index (χ1n) is 11.3. The number of carboxylic acid groups (broad SMARTS) is 1. The molecule has 6 nitrogen and oxygen atoms in total. The third-order valence-electron chi connectivity index (χ3n) is 6.29. The fraction of sp³-hybridized carbons (Fsp3) is 0.826. The summed E-state index contributed by atoms with van der Waals surface area (Å²) < 4.78 is 0. The molecule has 1 saturated carbocycles. The van der Waals surface area contributed by atoms with Crippen LogP contribution in [0.4, 0.5) is 0 Å². The summed E-state index contributed by atoms with van der Waals surface area (Å²) in [5.74, 6) is -4.11. The first-order valence-corrected chi connectivity index (χ1v) is 11.3. The second-order valence-electron chi connectivity index (χ2n) is 8.72. The molecule has 0 aromatic rings. The molecular formula is C23H41NO5. The minimum absolute atomic E-state index is 0.0155. The maximum atomic E-state index is 11.6. The van der Waals surface area contributed by atoms with Crippen LogP contribution in [0.5, 0.6) is 0 Å². The number of carbonyl (C=O) groups excluding carboxylic acids is 1. The highest BCUT2D eigenvalue weighted by Crippen LogP contribution is 2.37. The number of rotatable bonds is 14. The van der Waals surface area contributed by atoms with Gasteiger partial charge in [-0.1, -0.05) is 58.1 Å². The summed E-state index contributed by atoms with van der Waals surface area (Å²) in [5.41, 5.74) is 0. The van der Waals surface area contributed by atoms with E-state index in [-0.39, 0.29) is 11.9 Å². The molecule has 1 unspecified atom stereocenters. The Balaban J connectivity index is 2.51. The fourth-order valence-corrected chi connectivity index (χ4v) is 4.38. The second kappa shape index (κ2) is 13.0. The average Bonchev–Trinajstić information content (AvgIpc) is 3.02. The number of carboxylic acids is 1. The van der Waals surface area contributed by atoms with E-state index < -0.39 is 17.7 Å². The lowest BCUT2D eigenvalue weighted by Crippen LogP contribution is -2.44. The van der Waals surface area contributed by atoms with Crippen molar-refractivity contribution in [3.05, 3.63) is 12.2 Å². The van der Waals surface area contributed by atoms with E-state index in [0.29, 0.717) is 18.3 Å². The van der Waals surface area contributed by atoms with Crippen molar-refractivity contribution in [3.8, 4) is 0 Å². The third kappa shape index (κ3) is 8.87. The number of hydrogen-bond donors (Lipinski definition) is 4. The van der Waals surface area contributed by atoms with E-state index in [2.05, 4.69) is 24.4 Å². The first kappa shape index (κ1) is 25.6. The zero-order valence-corrected chi connectivity index (χ0v) is 18.4. The zero-order chi connectivity index (χ0) is 21.9. The monoisotopic (exact) mass is 411 g/mol. The molecule has 0 aromatic carbocycles. The van der Waals surface area contributed by atoms with Gasteiger partial charge in [-0.2, -0.15) is 0 Å². The molecule has 0 spiro atoms. The van der Waals surface area contributed by atoms with Gasteiger partial charge in [-0.25, -0.2) is 4.79 Å². The second-order valence-corrected chi connectivity index (χ2v) is 8.72. The fourth-order valence-electron chi connectivity index (χ4n) is 4.38. The maximum Gasteiger partial charge on any atom is 0.364 e. The largest absolute Gasteiger partial charge is 0.477 e. The Morgan fingerprint density at radius 2 is 1.86 bits per heavy atom. The van der Waals surface area contributed by atoms with Crippen LogP contribution in [0.15, 0.2) is 12.2 Å². The normalized spacial score (nSPS) is 23.4. The number of nitrogens with one attached hydrogen (secondary N) is 1. The minimum atomic E-state index is -2.66. The van der Waals surface area contributed by atoms with Gasteiger partial charge in [0.1, 0.15) is 0 Å². The number of hydrogen-bond acceptors (Lipinski definition) is 4. The topological polar surface area (TPSA) is 107 Å². The van der Waals surface area contributed by atoms with Crippen LogP contribution >= 0.6 is 0 Å². The van der Waals surface area contributed by atoms with Crippen molar-refractivity contribution < 1.29 is 24.9 Å². The maximum absolute atomic E-state index is 11.6. The summed E-state index contributed by atoms with van der Waals surface area (Å²) in [7, 11) is 0. The summed E-state index contributed by atoms with van der Waals surface area (Å²) in [6.07, 6.45) is 15.8. The van der Waals surface area contributed by atoms with E-state index >= 15 is 0 Å². The lowest BCUT2D eigenvalue weighted by molar-refractivity contribution is -0.221. The number of amides is 1. The van der Waals surface area contributed by atoms with Crippen LogP contribution in [0.2, 0.25) is 0 Å². The number of unbranched alkanes of at least 4 members (excludes halogenated alkanes) is 5. The molecule has 1 rings (SSSR count). The summed E-state index contributed by atoms with van der Waals surface area (Å²) in [6, 6.07) is 0.192. The van der Waals surface area contributed by atoms with Gasteiger partial charge in [-0.3, -0.25) is 4.79 Å². The summed E-state index contributed by atoms with van der Waals surface area (Å²) in [5, 5.41) is 31.2. The standard InChI is InChI=1S/C23H41NO5/c1-4-5-6-7-8-9-14-20-19(15-16-21(20)24-18(3)25)13-11-10-12-17(2)23(28,29)22(26)27/h9,14,17,19-21,28-29H,4-8,10-13,15-16H2,1-3H3,(H,24,25)(H,26,27)/t17?,19-,20-,21-/m1/s1. The van der Waals surface area contributed by atoms with E-state index in [0.717, 1.165) is 38.5 Å². The Morgan fingerprint density at radius 3 is 2.48 bits per heavy atom. The van der Waals surface area contributed by atoms with E-state index in [9.17, 15) is 19.8 Å². The third-order valence-corrected chi connectivity index (χ3v) is 6.29. The molecule has 0 heterocycles. The van der Waals surface area contributed by atoms with Crippen molar-refractivity contribution in [1.82, 2.24) is 5.32 Å². The molecule has 0 radical (unpaired) electrons. The molecule has 6 heteroatoms. The molecule has 1 aliphatic carbocycles. The van der Waals surface area contributed by atoms with Crippen molar-refractivity contribution in [2.45, 2.75) is 103 Å². The van der Waals surface area contributed by atoms with Gasteiger partial charge in [0.15, 0.2) is 0 Å². The van der Waals surface area contributed by atoms with E-state index in [4.69, 9.17) is 5.11 Å². The zero-order valence-electron chi connectivity index (χ0n) is 18.4. The molecule has 1 fully saturated rings. The Morgan fingerprint density at radius 1 is 1.14 bits per heavy atom. The smallest absolute Gasteiger partial charge is 0.364 e. The van der Waals surface area contributed by atoms with Crippen LogP contribution in [0.3, 0.4) is 0 Å². The van der Waals surface area contributed by atoms with Crippen LogP contribution in [0.1, 0.15) is 91.4 Å². The van der Waals surface area contributed by atoms with Crippen LogP contribution in [-0.2, 0) is 9.59 Å². The quantitative estimate of drug-likeness (QED) is 0.196. The van der Waals surface area contributed by atoms with Crippen molar-refractivity contribution in [2.24, 2.45) is 17.8 Å². The molecule has 4 N–H and O–H groups in total. The van der Waals surface area contributed by atoms with Gasteiger partial charge in [0.25, 0.3) is 5.79 Å². The number of allylic oxidation sites excluding steroid dienone is 1. The summed E-state index contributed by atoms with van der Waals surface area (Å²) in [4.78, 5) is 22.5. The SMILES string of the molecule is CCCCCCC=C[C@@H]1[C@H](CCCCC(C)C(O)(O)C(=O)O)CC[C@H]1NC(C)=O. The van der Waals surface area contributed by atoms with Crippen molar-refractivity contribution in [1.29, 1.82) is 0 Å². The first-order chi connectivity index (χ1) is 13.7. The Kier molecular flexibility index (Phi) is 11.5. The van der Waals surface area contributed by atoms with E-state index in [1.807, 2.05) is 0 Å². The van der Waals surface area contributed by atoms with Gasteiger partial charge >= 0.3 is 5.97 Å². The molecule has 4 atom stereocenters. The van der Waals surface area contributed by atoms with E-state index in [1.54, 1.807) is 13.8 Å². The molecule has 0 aliphatic heterocycles. The highest BCUT2D eigenvalue weighted by Gasteiger charge is 2.39. The van der Waals surface area contributed by atoms with Gasteiger partial charge in [-0.05, 0) is 50.4 Å². The average molecular weight is 412 g/mol. The van der Waals surface area contributed by atoms with Crippen LogP contribution < -0.4 is 5.32 Å². The number of aliphatic hydroxyl groups is 2. The van der Waals surface area contributed by atoms with Gasteiger partial charge in [0.05, 0.1) is 0 Å². The molecule has 1 amide bonds. The van der Waals surface area contributed by atoms with Crippen molar-refractivity contribution >= 4 is 11.9 Å².